The second-order valence-corrected chi connectivity index (χ2v) is 8.10. The van der Waals surface area contributed by atoms with Crippen LogP contribution in [0.5, 0.6) is 11.5 Å². The minimum absolute atomic E-state index is 0.0330. The molecular weight excluding hydrogens is 416 g/mol. The highest BCUT2D eigenvalue weighted by molar-refractivity contribution is 6.30. The number of piperidine rings is 1. The van der Waals surface area contributed by atoms with Crippen LogP contribution in [0, 0.1) is 12.8 Å². The largest absolute Gasteiger partial charge is 0.493 e. The molecule has 0 saturated carbocycles. The third-order valence-electron chi connectivity index (χ3n) is 5.31. The Hall–Kier alpha value is -2.73. The fraction of sp³-hybridized carbons (Fsp3) is 0.417. The summed E-state index contributed by atoms with van der Waals surface area (Å²) < 4.78 is 11.2. The average Bonchev–Trinajstić information content (AvgIpc) is 2.79. The van der Waals surface area contributed by atoms with E-state index in [-0.39, 0.29) is 17.7 Å². The lowest BCUT2D eigenvalue weighted by Gasteiger charge is -2.31. The van der Waals surface area contributed by atoms with E-state index in [4.69, 9.17) is 21.1 Å². The number of nitrogens with one attached hydrogen (secondary N) is 1. The van der Waals surface area contributed by atoms with Crippen LogP contribution in [0.1, 0.15) is 24.8 Å². The van der Waals surface area contributed by atoms with Gasteiger partial charge in [0.2, 0.25) is 11.8 Å². The van der Waals surface area contributed by atoms with Crippen molar-refractivity contribution in [1.29, 1.82) is 0 Å². The van der Waals surface area contributed by atoms with Crippen molar-refractivity contribution in [1.82, 2.24) is 10.2 Å². The molecule has 1 fully saturated rings. The third kappa shape index (κ3) is 7.47. The lowest BCUT2D eigenvalue weighted by atomic mass is 9.95. The van der Waals surface area contributed by atoms with Gasteiger partial charge in [-0.15, -0.1) is 0 Å². The maximum Gasteiger partial charge on any atom is 0.225 e. The van der Waals surface area contributed by atoms with Gasteiger partial charge in [0.05, 0.1) is 19.6 Å². The van der Waals surface area contributed by atoms with Gasteiger partial charge < -0.3 is 19.7 Å². The van der Waals surface area contributed by atoms with Crippen LogP contribution in [-0.2, 0) is 9.59 Å². The number of carbonyl (C=O) groups excluding carboxylic acids is 2. The van der Waals surface area contributed by atoms with E-state index in [1.165, 1.54) is 5.56 Å². The molecule has 0 bridgehead atoms. The first-order chi connectivity index (χ1) is 15.0. The molecule has 2 aromatic carbocycles. The van der Waals surface area contributed by atoms with Gasteiger partial charge in [0.15, 0.2) is 0 Å². The summed E-state index contributed by atoms with van der Waals surface area (Å²) in [7, 11) is 0. The van der Waals surface area contributed by atoms with E-state index in [0.29, 0.717) is 62.9 Å². The number of aryl methyl sites for hydroxylation is 1. The molecule has 1 aliphatic rings. The molecule has 2 aromatic rings. The molecule has 166 valence electrons. The predicted molar refractivity (Wildman–Crippen MR) is 121 cm³/mol. The normalized spacial score (nSPS) is 14.2. The minimum Gasteiger partial charge on any atom is -0.493 e. The van der Waals surface area contributed by atoms with Crippen molar-refractivity contribution >= 4 is 23.4 Å². The SMILES string of the molecule is Cc1ccc(OCCNC(=O)C2CCN(C(=O)CCOc3ccc(Cl)cc3)CC2)cc1. The lowest BCUT2D eigenvalue weighted by Crippen LogP contribution is -2.43. The number of ether oxygens (including phenoxy) is 2. The van der Waals surface area contributed by atoms with Gasteiger partial charge in [-0.25, -0.2) is 0 Å². The number of rotatable bonds is 9. The molecule has 1 heterocycles. The molecule has 7 heteroatoms. The van der Waals surface area contributed by atoms with Gasteiger partial charge in [-0.3, -0.25) is 9.59 Å². The van der Waals surface area contributed by atoms with Gasteiger partial charge in [0.1, 0.15) is 18.1 Å². The molecule has 0 aliphatic carbocycles. The van der Waals surface area contributed by atoms with E-state index in [1.54, 1.807) is 24.3 Å². The van der Waals surface area contributed by atoms with Crippen LogP contribution >= 0.6 is 11.6 Å². The fourth-order valence-corrected chi connectivity index (χ4v) is 3.58. The van der Waals surface area contributed by atoms with Crippen LogP contribution in [0.15, 0.2) is 48.5 Å². The highest BCUT2D eigenvalue weighted by Gasteiger charge is 2.27. The molecule has 3 rings (SSSR count). The third-order valence-corrected chi connectivity index (χ3v) is 5.56. The molecule has 0 aromatic heterocycles. The van der Waals surface area contributed by atoms with E-state index in [0.717, 1.165) is 5.75 Å². The van der Waals surface area contributed by atoms with Crippen molar-refractivity contribution < 1.29 is 19.1 Å². The second-order valence-electron chi connectivity index (χ2n) is 7.66. The number of amides is 2. The monoisotopic (exact) mass is 444 g/mol. The number of likely N-dealkylation sites (tertiary alicyclic amines) is 1. The van der Waals surface area contributed by atoms with Crippen LogP contribution < -0.4 is 14.8 Å². The van der Waals surface area contributed by atoms with Crippen molar-refractivity contribution in [3.8, 4) is 11.5 Å². The first-order valence-electron chi connectivity index (χ1n) is 10.6. The molecule has 0 unspecified atom stereocenters. The van der Waals surface area contributed by atoms with Gasteiger partial charge in [-0.1, -0.05) is 29.3 Å². The zero-order valence-corrected chi connectivity index (χ0v) is 18.6. The number of nitrogens with zero attached hydrogens (tertiary/aromatic N) is 1. The Balaban J connectivity index is 1.29. The zero-order valence-electron chi connectivity index (χ0n) is 17.8. The molecule has 1 aliphatic heterocycles. The molecule has 1 saturated heterocycles. The number of hydrogen-bond acceptors (Lipinski definition) is 4. The van der Waals surface area contributed by atoms with E-state index in [9.17, 15) is 9.59 Å². The Labute approximate surface area is 188 Å². The van der Waals surface area contributed by atoms with Crippen molar-refractivity contribution in [2.75, 3.05) is 32.8 Å². The summed E-state index contributed by atoms with van der Waals surface area (Å²) in [5, 5.41) is 3.59. The Bertz CT molecular complexity index is 847. The molecule has 0 atom stereocenters. The first-order valence-corrected chi connectivity index (χ1v) is 11.0. The standard InChI is InChI=1S/C24H29ClN2O4/c1-18-2-6-21(7-3-18)31-17-13-26-24(29)19-10-14-27(15-11-19)23(28)12-16-30-22-8-4-20(25)5-9-22/h2-9,19H,10-17H2,1H3,(H,26,29). The molecule has 0 spiro atoms. The maximum absolute atomic E-state index is 12.4. The van der Waals surface area contributed by atoms with Gasteiger partial charge in [0.25, 0.3) is 0 Å². The average molecular weight is 445 g/mol. The van der Waals surface area contributed by atoms with Gasteiger partial charge in [-0.05, 0) is 56.2 Å². The summed E-state index contributed by atoms with van der Waals surface area (Å²) in [6.07, 6.45) is 1.67. The summed E-state index contributed by atoms with van der Waals surface area (Å²) in [6, 6.07) is 14.9. The van der Waals surface area contributed by atoms with E-state index in [2.05, 4.69) is 5.32 Å². The van der Waals surface area contributed by atoms with Crippen molar-refractivity contribution in [3.63, 3.8) is 0 Å². The number of benzene rings is 2. The Kier molecular flexibility index (Phi) is 8.59. The van der Waals surface area contributed by atoms with Crippen LogP contribution in [0.25, 0.3) is 0 Å². The first kappa shape index (κ1) is 22.9. The molecule has 31 heavy (non-hydrogen) atoms. The zero-order chi connectivity index (χ0) is 22.1. The highest BCUT2D eigenvalue weighted by atomic mass is 35.5. The second kappa shape index (κ2) is 11.6. The summed E-state index contributed by atoms with van der Waals surface area (Å²) in [5.74, 6) is 1.52. The van der Waals surface area contributed by atoms with Crippen LogP contribution in [-0.4, -0.2) is 49.6 Å². The molecule has 1 N–H and O–H groups in total. The number of carbonyl (C=O) groups is 2. The molecule has 0 radical (unpaired) electrons. The maximum atomic E-state index is 12.4. The Morgan fingerprint density at radius 1 is 0.968 bits per heavy atom. The van der Waals surface area contributed by atoms with Gasteiger partial charge in [-0.2, -0.15) is 0 Å². The smallest absolute Gasteiger partial charge is 0.225 e. The van der Waals surface area contributed by atoms with Gasteiger partial charge in [0, 0.05) is 24.0 Å². The Morgan fingerprint density at radius 3 is 2.19 bits per heavy atom. The molecule has 6 nitrogen and oxygen atoms in total. The summed E-state index contributed by atoms with van der Waals surface area (Å²) in [5.41, 5.74) is 1.18. The van der Waals surface area contributed by atoms with E-state index in [1.807, 2.05) is 36.1 Å². The molecular formula is C24H29ClN2O4. The van der Waals surface area contributed by atoms with Crippen LogP contribution in [0.2, 0.25) is 5.02 Å². The Morgan fingerprint density at radius 2 is 1.55 bits per heavy atom. The van der Waals surface area contributed by atoms with Crippen LogP contribution in [0.3, 0.4) is 0 Å². The summed E-state index contributed by atoms with van der Waals surface area (Å²) in [4.78, 5) is 26.6. The lowest BCUT2D eigenvalue weighted by molar-refractivity contribution is -0.136. The summed E-state index contributed by atoms with van der Waals surface area (Å²) in [6.45, 7) is 4.43. The van der Waals surface area contributed by atoms with Crippen molar-refractivity contribution in [2.45, 2.75) is 26.2 Å². The number of halogens is 1. The van der Waals surface area contributed by atoms with Gasteiger partial charge >= 0.3 is 0 Å². The fourth-order valence-electron chi connectivity index (χ4n) is 3.46. The number of hydrogen-bond donors (Lipinski definition) is 1. The minimum atomic E-state index is -0.0613. The van der Waals surface area contributed by atoms with E-state index >= 15 is 0 Å². The topological polar surface area (TPSA) is 67.9 Å². The molecule has 2 amide bonds. The van der Waals surface area contributed by atoms with Crippen LogP contribution in [0.4, 0.5) is 0 Å². The summed E-state index contributed by atoms with van der Waals surface area (Å²) >= 11 is 5.85. The van der Waals surface area contributed by atoms with Crippen molar-refractivity contribution in [3.05, 3.63) is 59.1 Å². The quantitative estimate of drug-likeness (QED) is 0.596. The predicted octanol–water partition coefficient (Wildman–Crippen LogP) is 3.85. The van der Waals surface area contributed by atoms with E-state index < -0.39 is 0 Å². The van der Waals surface area contributed by atoms with Crippen molar-refractivity contribution in [2.24, 2.45) is 5.92 Å². The highest BCUT2D eigenvalue weighted by Crippen LogP contribution is 2.19.